The molecule has 5 atom stereocenters. The summed E-state index contributed by atoms with van der Waals surface area (Å²) in [6.45, 7) is 12.7. The van der Waals surface area contributed by atoms with Crippen molar-refractivity contribution in [2.24, 2.45) is 17.3 Å². The van der Waals surface area contributed by atoms with E-state index in [0.717, 1.165) is 37.7 Å². The minimum Gasteiger partial charge on any atom is -0.389 e. The predicted molar refractivity (Wildman–Crippen MR) is 92.5 cm³/mol. The molecule has 22 heavy (non-hydrogen) atoms. The maximum Gasteiger partial charge on any atom is 0.0750 e. The molecular weight excluding hydrogens is 272 g/mol. The van der Waals surface area contributed by atoms with Crippen molar-refractivity contribution >= 4 is 0 Å². The van der Waals surface area contributed by atoms with Gasteiger partial charge in [-0.25, -0.2) is 0 Å². The first-order valence-corrected chi connectivity index (χ1v) is 8.58. The van der Waals surface area contributed by atoms with Gasteiger partial charge in [-0.2, -0.15) is 0 Å². The molecule has 0 aromatic rings. The van der Waals surface area contributed by atoms with Gasteiger partial charge in [0.15, 0.2) is 0 Å². The topological polar surface area (TPSA) is 40.5 Å². The van der Waals surface area contributed by atoms with Crippen molar-refractivity contribution in [1.82, 2.24) is 0 Å². The van der Waals surface area contributed by atoms with Crippen molar-refractivity contribution in [2.75, 3.05) is 0 Å². The van der Waals surface area contributed by atoms with Crippen molar-refractivity contribution in [1.29, 1.82) is 0 Å². The minimum absolute atomic E-state index is 0.172. The second-order valence-electron chi connectivity index (χ2n) is 7.98. The van der Waals surface area contributed by atoms with E-state index in [4.69, 9.17) is 0 Å². The largest absolute Gasteiger partial charge is 0.389 e. The van der Waals surface area contributed by atoms with Gasteiger partial charge >= 0.3 is 0 Å². The van der Waals surface area contributed by atoms with Crippen LogP contribution in [0.5, 0.6) is 0 Å². The molecule has 1 fully saturated rings. The Bertz CT molecular complexity index is 484. The third-order valence-corrected chi connectivity index (χ3v) is 5.75. The standard InChI is InChI=1S/C20H32O2/c1-13(2)10-16(21)11-20(5)12-17-14(3)7-9-19(22)15(4)6-8-18(17)20/h6,10,16-19,21-22H,3,7-9,11-12H2,1-2,4-5H3/b15-6+/t16?,17-,18-,19+,20-/m1/s1. The molecule has 1 saturated carbocycles. The highest BCUT2D eigenvalue weighted by molar-refractivity contribution is 5.19. The zero-order valence-electron chi connectivity index (χ0n) is 14.6. The molecule has 2 aliphatic rings. The second kappa shape index (κ2) is 6.72. The molecule has 0 heterocycles. The molecule has 1 unspecified atom stereocenters. The van der Waals surface area contributed by atoms with Crippen LogP contribution in [0, 0.1) is 17.3 Å². The Balaban J connectivity index is 2.13. The van der Waals surface area contributed by atoms with E-state index in [-0.39, 0.29) is 17.6 Å². The highest BCUT2D eigenvalue weighted by atomic mass is 16.3. The first kappa shape index (κ1) is 17.5. The number of aliphatic hydroxyl groups excluding tert-OH is 2. The van der Waals surface area contributed by atoms with Gasteiger partial charge in [-0.05, 0) is 75.7 Å². The third-order valence-electron chi connectivity index (χ3n) is 5.75. The first-order chi connectivity index (χ1) is 10.2. The molecule has 0 spiro atoms. The summed E-state index contributed by atoms with van der Waals surface area (Å²) >= 11 is 0. The average Bonchev–Trinajstić information content (AvgIpc) is 2.43. The van der Waals surface area contributed by atoms with Gasteiger partial charge in [-0.15, -0.1) is 0 Å². The first-order valence-electron chi connectivity index (χ1n) is 8.58. The van der Waals surface area contributed by atoms with Crippen LogP contribution in [0.15, 0.2) is 35.5 Å². The molecule has 2 aliphatic carbocycles. The second-order valence-corrected chi connectivity index (χ2v) is 7.98. The summed E-state index contributed by atoms with van der Waals surface area (Å²) in [4.78, 5) is 0. The van der Waals surface area contributed by atoms with E-state index < -0.39 is 0 Å². The molecule has 0 aromatic carbocycles. The van der Waals surface area contributed by atoms with E-state index >= 15 is 0 Å². The van der Waals surface area contributed by atoms with Crippen LogP contribution in [0.4, 0.5) is 0 Å². The van der Waals surface area contributed by atoms with Gasteiger partial charge in [0.1, 0.15) is 0 Å². The lowest BCUT2D eigenvalue weighted by molar-refractivity contribution is -0.0377. The van der Waals surface area contributed by atoms with E-state index in [1.165, 1.54) is 11.1 Å². The fourth-order valence-corrected chi connectivity index (χ4v) is 4.34. The zero-order valence-corrected chi connectivity index (χ0v) is 14.6. The predicted octanol–water partition coefficient (Wildman–Crippen LogP) is 4.39. The summed E-state index contributed by atoms with van der Waals surface area (Å²) < 4.78 is 0. The molecule has 124 valence electrons. The number of hydrogen-bond donors (Lipinski definition) is 2. The summed E-state index contributed by atoms with van der Waals surface area (Å²) in [6.07, 6.45) is 8.14. The molecule has 2 N–H and O–H groups in total. The molecule has 0 aromatic heterocycles. The molecule has 2 rings (SSSR count). The molecule has 0 radical (unpaired) electrons. The maximum atomic E-state index is 10.3. The number of aliphatic hydroxyl groups is 2. The van der Waals surface area contributed by atoms with E-state index in [9.17, 15) is 10.2 Å². The normalized spacial score (nSPS) is 39.3. The Morgan fingerprint density at radius 1 is 1.50 bits per heavy atom. The third kappa shape index (κ3) is 3.72. The maximum absolute atomic E-state index is 10.3. The highest BCUT2D eigenvalue weighted by Crippen LogP contribution is 2.58. The summed E-state index contributed by atoms with van der Waals surface area (Å²) in [6, 6.07) is 0. The van der Waals surface area contributed by atoms with Crippen LogP contribution in [0.25, 0.3) is 0 Å². The van der Waals surface area contributed by atoms with Crippen LogP contribution in [-0.2, 0) is 0 Å². The lowest BCUT2D eigenvalue weighted by Gasteiger charge is -2.55. The van der Waals surface area contributed by atoms with Crippen LogP contribution in [0.2, 0.25) is 0 Å². The summed E-state index contributed by atoms with van der Waals surface area (Å²) in [5.41, 5.74) is 3.73. The van der Waals surface area contributed by atoms with Crippen molar-refractivity contribution in [2.45, 2.75) is 72.0 Å². The molecule has 0 aliphatic heterocycles. The van der Waals surface area contributed by atoms with Crippen molar-refractivity contribution in [3.05, 3.63) is 35.5 Å². The van der Waals surface area contributed by atoms with Crippen molar-refractivity contribution < 1.29 is 10.2 Å². The smallest absolute Gasteiger partial charge is 0.0750 e. The number of hydrogen-bond acceptors (Lipinski definition) is 2. The van der Waals surface area contributed by atoms with E-state index in [1.54, 1.807) is 0 Å². The fraction of sp³-hybridized carbons (Fsp3) is 0.700. The Hall–Kier alpha value is -0.860. The number of fused-ring (bicyclic) bond motifs is 1. The van der Waals surface area contributed by atoms with Gasteiger partial charge in [-0.1, -0.05) is 36.8 Å². The Labute approximate surface area is 135 Å². The van der Waals surface area contributed by atoms with Crippen LogP contribution in [0.1, 0.15) is 59.8 Å². The summed E-state index contributed by atoms with van der Waals surface area (Å²) in [5, 5.41) is 20.4. The van der Waals surface area contributed by atoms with E-state index in [2.05, 4.69) is 19.6 Å². The van der Waals surface area contributed by atoms with Crippen molar-refractivity contribution in [3.63, 3.8) is 0 Å². The lowest BCUT2D eigenvalue weighted by Crippen LogP contribution is -2.48. The highest BCUT2D eigenvalue weighted by Gasteiger charge is 2.50. The number of rotatable bonds is 3. The number of allylic oxidation sites excluding steroid dienone is 3. The van der Waals surface area contributed by atoms with Crippen molar-refractivity contribution in [3.8, 4) is 0 Å². The Kier molecular flexibility index (Phi) is 5.34. The summed E-state index contributed by atoms with van der Waals surface area (Å²) in [5.74, 6) is 1.10. The van der Waals surface area contributed by atoms with Gasteiger partial charge in [0, 0.05) is 0 Å². The van der Waals surface area contributed by atoms with Crippen LogP contribution in [0.3, 0.4) is 0 Å². The molecule has 0 saturated heterocycles. The summed E-state index contributed by atoms with van der Waals surface area (Å²) in [7, 11) is 0. The van der Waals surface area contributed by atoms with E-state index in [1.807, 2.05) is 26.8 Å². The van der Waals surface area contributed by atoms with Crippen LogP contribution < -0.4 is 0 Å². The van der Waals surface area contributed by atoms with Crippen LogP contribution in [-0.4, -0.2) is 22.4 Å². The fourth-order valence-electron chi connectivity index (χ4n) is 4.34. The van der Waals surface area contributed by atoms with Gasteiger partial charge in [0.25, 0.3) is 0 Å². The molecule has 0 bridgehead atoms. The zero-order chi connectivity index (χ0) is 16.5. The Morgan fingerprint density at radius 3 is 2.82 bits per heavy atom. The average molecular weight is 304 g/mol. The quantitative estimate of drug-likeness (QED) is 0.759. The Morgan fingerprint density at radius 2 is 2.18 bits per heavy atom. The van der Waals surface area contributed by atoms with Gasteiger partial charge in [0.2, 0.25) is 0 Å². The molecular formula is C20H32O2. The minimum atomic E-state index is -0.354. The monoisotopic (exact) mass is 304 g/mol. The molecule has 0 amide bonds. The van der Waals surface area contributed by atoms with Gasteiger partial charge < -0.3 is 10.2 Å². The lowest BCUT2D eigenvalue weighted by atomic mass is 9.50. The van der Waals surface area contributed by atoms with Crippen LogP contribution >= 0.6 is 0 Å². The van der Waals surface area contributed by atoms with E-state index in [0.29, 0.717) is 11.8 Å². The molecule has 2 heteroatoms. The SMILES string of the molecule is C=C1CC[C@H](O)/C(C)=C/C[C@@H]2[C@@H]1C[C@@]2(C)CC(O)C=C(C)C. The van der Waals surface area contributed by atoms with Gasteiger partial charge in [0.05, 0.1) is 12.2 Å². The van der Waals surface area contributed by atoms with Gasteiger partial charge in [-0.3, -0.25) is 0 Å². The molecule has 2 nitrogen and oxygen atoms in total.